The average Bonchev–Trinajstić information content (AvgIpc) is 2.61. The highest BCUT2D eigenvalue weighted by molar-refractivity contribution is 5.29. The summed E-state index contributed by atoms with van der Waals surface area (Å²) in [6.07, 6.45) is 2.25. The van der Waals surface area contributed by atoms with Gasteiger partial charge in [-0.2, -0.15) is 0 Å². The Hall–Kier alpha value is -0.890. The highest BCUT2D eigenvalue weighted by atomic mass is 19.1. The van der Waals surface area contributed by atoms with Crippen molar-refractivity contribution in [2.24, 2.45) is 0 Å². The lowest BCUT2D eigenvalue weighted by Crippen LogP contribution is -2.37. The van der Waals surface area contributed by atoms with Crippen molar-refractivity contribution in [3.05, 3.63) is 35.6 Å². The standard InChI is InChI=1S/C13H18FN/c1-3-12-13(2,8-9-15-12)10-4-6-11(14)7-5-10/h4-7,12,15H,3,8-9H2,1-2H3. The molecule has 1 aliphatic rings. The molecule has 1 fully saturated rings. The molecule has 1 heterocycles. The molecule has 0 bridgehead atoms. The number of hydrogen-bond donors (Lipinski definition) is 1. The first-order valence-corrected chi connectivity index (χ1v) is 5.66. The number of rotatable bonds is 2. The van der Waals surface area contributed by atoms with Gasteiger partial charge in [-0.15, -0.1) is 0 Å². The molecule has 2 rings (SSSR count). The Bertz CT molecular complexity index is 333. The number of nitrogens with one attached hydrogen (secondary N) is 1. The first-order valence-electron chi connectivity index (χ1n) is 5.66. The fourth-order valence-corrected chi connectivity index (χ4v) is 2.68. The third-order valence-corrected chi connectivity index (χ3v) is 3.72. The summed E-state index contributed by atoms with van der Waals surface area (Å²) >= 11 is 0. The molecule has 2 atom stereocenters. The van der Waals surface area contributed by atoms with Crippen molar-refractivity contribution in [3.8, 4) is 0 Å². The van der Waals surface area contributed by atoms with Gasteiger partial charge in [-0.3, -0.25) is 0 Å². The molecule has 15 heavy (non-hydrogen) atoms. The summed E-state index contributed by atoms with van der Waals surface area (Å²) in [4.78, 5) is 0. The first-order chi connectivity index (χ1) is 7.16. The molecule has 0 aliphatic carbocycles. The third-order valence-electron chi connectivity index (χ3n) is 3.72. The predicted octanol–water partition coefficient (Wildman–Crippen LogP) is 2.86. The van der Waals surface area contributed by atoms with Crippen LogP contribution in [0.4, 0.5) is 4.39 Å². The minimum absolute atomic E-state index is 0.152. The second-order valence-corrected chi connectivity index (χ2v) is 4.59. The number of hydrogen-bond acceptors (Lipinski definition) is 1. The maximum atomic E-state index is 12.9. The highest BCUT2D eigenvalue weighted by Gasteiger charge is 2.38. The Morgan fingerprint density at radius 1 is 1.40 bits per heavy atom. The Morgan fingerprint density at radius 3 is 2.67 bits per heavy atom. The summed E-state index contributed by atoms with van der Waals surface area (Å²) in [6.45, 7) is 5.53. The lowest BCUT2D eigenvalue weighted by Gasteiger charge is -2.31. The fraction of sp³-hybridized carbons (Fsp3) is 0.538. The van der Waals surface area contributed by atoms with E-state index in [2.05, 4.69) is 19.2 Å². The summed E-state index contributed by atoms with van der Waals surface area (Å²) in [7, 11) is 0. The molecule has 82 valence electrons. The van der Waals surface area contributed by atoms with Gasteiger partial charge in [0.05, 0.1) is 0 Å². The quantitative estimate of drug-likeness (QED) is 0.786. The van der Waals surface area contributed by atoms with Gasteiger partial charge in [0.25, 0.3) is 0 Å². The molecule has 2 unspecified atom stereocenters. The first kappa shape index (κ1) is 10.6. The van der Waals surface area contributed by atoms with E-state index in [1.54, 1.807) is 12.1 Å². The molecule has 1 saturated heterocycles. The van der Waals surface area contributed by atoms with E-state index < -0.39 is 0 Å². The second kappa shape index (κ2) is 3.93. The van der Waals surface area contributed by atoms with Crippen molar-refractivity contribution < 1.29 is 4.39 Å². The molecule has 0 spiro atoms. The summed E-state index contributed by atoms with van der Waals surface area (Å²) in [5.41, 5.74) is 1.42. The minimum Gasteiger partial charge on any atom is -0.313 e. The molecular formula is C13H18FN. The molecule has 1 aromatic carbocycles. The third kappa shape index (κ3) is 1.78. The zero-order valence-corrected chi connectivity index (χ0v) is 9.39. The lowest BCUT2D eigenvalue weighted by molar-refractivity contribution is 0.392. The van der Waals surface area contributed by atoms with E-state index in [1.165, 1.54) is 5.56 Å². The average molecular weight is 207 g/mol. The van der Waals surface area contributed by atoms with E-state index in [4.69, 9.17) is 0 Å². The number of benzene rings is 1. The topological polar surface area (TPSA) is 12.0 Å². The Balaban J connectivity index is 2.32. The van der Waals surface area contributed by atoms with Crippen LogP contribution in [0.15, 0.2) is 24.3 Å². The van der Waals surface area contributed by atoms with Crippen LogP contribution >= 0.6 is 0 Å². The van der Waals surface area contributed by atoms with Crippen LogP contribution in [0, 0.1) is 5.82 Å². The minimum atomic E-state index is -0.152. The van der Waals surface area contributed by atoms with Crippen molar-refractivity contribution in [1.29, 1.82) is 0 Å². The van der Waals surface area contributed by atoms with Gasteiger partial charge in [0.1, 0.15) is 5.82 Å². The van der Waals surface area contributed by atoms with Gasteiger partial charge >= 0.3 is 0 Å². The van der Waals surface area contributed by atoms with Gasteiger partial charge in [-0.25, -0.2) is 4.39 Å². The molecule has 1 aliphatic heterocycles. The predicted molar refractivity (Wildman–Crippen MR) is 60.5 cm³/mol. The molecule has 1 nitrogen and oxygen atoms in total. The molecule has 0 saturated carbocycles. The Labute approximate surface area is 90.7 Å². The largest absolute Gasteiger partial charge is 0.313 e. The second-order valence-electron chi connectivity index (χ2n) is 4.59. The molecule has 0 aromatic heterocycles. The van der Waals surface area contributed by atoms with Gasteiger partial charge < -0.3 is 5.32 Å². The molecule has 1 aromatic rings. The maximum Gasteiger partial charge on any atom is 0.123 e. The maximum absolute atomic E-state index is 12.9. The smallest absolute Gasteiger partial charge is 0.123 e. The van der Waals surface area contributed by atoms with Crippen LogP contribution < -0.4 is 5.32 Å². The van der Waals surface area contributed by atoms with Crippen molar-refractivity contribution in [2.75, 3.05) is 6.54 Å². The van der Waals surface area contributed by atoms with Crippen molar-refractivity contribution in [1.82, 2.24) is 5.32 Å². The highest BCUT2D eigenvalue weighted by Crippen LogP contribution is 2.36. The fourth-order valence-electron chi connectivity index (χ4n) is 2.68. The summed E-state index contributed by atoms with van der Waals surface area (Å²) in [5.74, 6) is -0.152. The van der Waals surface area contributed by atoms with Crippen molar-refractivity contribution in [3.63, 3.8) is 0 Å². The van der Waals surface area contributed by atoms with Crippen LogP contribution in [-0.2, 0) is 5.41 Å². The molecular weight excluding hydrogens is 189 g/mol. The van der Waals surface area contributed by atoms with Crippen molar-refractivity contribution in [2.45, 2.75) is 38.1 Å². The monoisotopic (exact) mass is 207 g/mol. The van der Waals surface area contributed by atoms with Crippen molar-refractivity contribution >= 4 is 0 Å². The number of halogens is 1. The van der Waals surface area contributed by atoms with Gasteiger partial charge in [0, 0.05) is 11.5 Å². The van der Waals surface area contributed by atoms with E-state index in [1.807, 2.05) is 12.1 Å². The zero-order chi connectivity index (χ0) is 10.9. The van der Waals surface area contributed by atoms with E-state index in [0.717, 1.165) is 19.4 Å². The van der Waals surface area contributed by atoms with E-state index >= 15 is 0 Å². The van der Waals surface area contributed by atoms with Gasteiger partial charge in [0.15, 0.2) is 0 Å². The van der Waals surface area contributed by atoms with Crippen LogP contribution in [-0.4, -0.2) is 12.6 Å². The van der Waals surface area contributed by atoms with Crippen LogP contribution in [0.5, 0.6) is 0 Å². The molecule has 2 heteroatoms. The molecule has 1 N–H and O–H groups in total. The summed E-state index contributed by atoms with van der Waals surface area (Å²) in [6, 6.07) is 7.48. The van der Waals surface area contributed by atoms with Crippen LogP contribution in [0.3, 0.4) is 0 Å². The van der Waals surface area contributed by atoms with Crippen LogP contribution in [0.1, 0.15) is 32.3 Å². The molecule has 0 radical (unpaired) electrons. The Kier molecular flexibility index (Phi) is 2.79. The van der Waals surface area contributed by atoms with E-state index in [0.29, 0.717) is 6.04 Å². The lowest BCUT2D eigenvalue weighted by atomic mass is 9.75. The van der Waals surface area contributed by atoms with Gasteiger partial charge in [0.2, 0.25) is 0 Å². The van der Waals surface area contributed by atoms with Crippen LogP contribution in [0.2, 0.25) is 0 Å². The van der Waals surface area contributed by atoms with Crippen LogP contribution in [0.25, 0.3) is 0 Å². The Morgan fingerprint density at radius 2 is 2.07 bits per heavy atom. The SMILES string of the molecule is CCC1NCCC1(C)c1ccc(F)cc1. The van der Waals surface area contributed by atoms with Gasteiger partial charge in [-0.1, -0.05) is 26.0 Å². The van der Waals surface area contributed by atoms with Gasteiger partial charge in [-0.05, 0) is 37.1 Å². The normalized spacial score (nSPS) is 30.7. The molecule has 0 amide bonds. The zero-order valence-electron chi connectivity index (χ0n) is 9.39. The summed E-state index contributed by atoms with van der Waals surface area (Å²) in [5, 5.41) is 3.52. The van der Waals surface area contributed by atoms with E-state index in [-0.39, 0.29) is 11.2 Å². The van der Waals surface area contributed by atoms with E-state index in [9.17, 15) is 4.39 Å². The summed E-state index contributed by atoms with van der Waals surface area (Å²) < 4.78 is 12.9.